The van der Waals surface area contributed by atoms with Crippen LogP contribution < -0.4 is 21.7 Å². The Hall–Kier alpha value is -1.99. The molecule has 0 aromatic rings. The van der Waals surface area contributed by atoms with Crippen molar-refractivity contribution in [3.8, 4) is 0 Å². The number of nitrogens with one attached hydrogen (secondary N) is 4. The molecule has 0 saturated heterocycles. The molecule has 0 radical (unpaired) electrons. The summed E-state index contributed by atoms with van der Waals surface area (Å²) in [4.78, 5) is 23.3. The topological polar surface area (TPSA) is 129 Å². The summed E-state index contributed by atoms with van der Waals surface area (Å²) in [6, 6.07) is -0.677. The van der Waals surface area contributed by atoms with Crippen molar-refractivity contribution in [2.45, 2.75) is 45.3 Å². The summed E-state index contributed by atoms with van der Waals surface area (Å²) >= 11 is 0. The maximum absolute atomic E-state index is 11.7. The van der Waals surface area contributed by atoms with E-state index in [1.54, 1.807) is 20.8 Å². The van der Waals surface area contributed by atoms with Crippen LogP contribution in [0.2, 0.25) is 0 Å². The van der Waals surface area contributed by atoms with Crippen LogP contribution in [0, 0.1) is 5.41 Å². The van der Waals surface area contributed by atoms with E-state index in [4.69, 9.17) is 15.9 Å². The van der Waals surface area contributed by atoms with Crippen molar-refractivity contribution >= 4 is 18.0 Å². The number of nitrogens with two attached hydrogens (primary N) is 1. The third-order valence-corrected chi connectivity index (χ3v) is 2.24. The molecule has 0 rings (SSSR count). The third-order valence-electron chi connectivity index (χ3n) is 2.24. The molecule has 2 amide bonds. The molecule has 20 heavy (non-hydrogen) atoms. The molecular weight excluding hydrogens is 262 g/mol. The van der Waals surface area contributed by atoms with Gasteiger partial charge in [0.2, 0.25) is 5.91 Å². The van der Waals surface area contributed by atoms with Crippen molar-refractivity contribution in [2.75, 3.05) is 13.6 Å². The number of carbonyl (C=O) groups excluding carboxylic acids is 2. The van der Waals surface area contributed by atoms with Crippen molar-refractivity contribution in [3.63, 3.8) is 0 Å². The summed E-state index contributed by atoms with van der Waals surface area (Å²) in [5.74, 6) is -0.416. The van der Waals surface area contributed by atoms with Gasteiger partial charge >= 0.3 is 6.09 Å². The van der Waals surface area contributed by atoms with Gasteiger partial charge in [0.25, 0.3) is 0 Å². The minimum absolute atomic E-state index is 0.124. The molecule has 0 aliphatic rings. The zero-order valence-corrected chi connectivity index (χ0v) is 12.5. The standard InChI is InChI=1S/C12H25N5O3/c1-12(2,3)20-11(19)17-8(9(18)15-4)6-5-7-16-10(13)14/h8H,5-7H2,1-4H3,(H,15,18)(H,17,19)(H4,13,14,16). The molecule has 8 nitrogen and oxygen atoms in total. The normalized spacial score (nSPS) is 12.2. The van der Waals surface area contributed by atoms with E-state index in [2.05, 4.69) is 16.0 Å². The van der Waals surface area contributed by atoms with Crippen molar-refractivity contribution in [3.05, 3.63) is 0 Å². The SMILES string of the molecule is CNC(=O)C(CCCNC(=N)N)NC(=O)OC(C)(C)C. The Morgan fingerprint density at radius 1 is 1.35 bits per heavy atom. The fraction of sp³-hybridized carbons (Fsp3) is 0.750. The van der Waals surface area contributed by atoms with Crippen LogP contribution in [0.15, 0.2) is 0 Å². The number of rotatable bonds is 6. The molecule has 0 aliphatic carbocycles. The zero-order valence-electron chi connectivity index (χ0n) is 12.5. The zero-order chi connectivity index (χ0) is 15.8. The van der Waals surface area contributed by atoms with E-state index in [0.717, 1.165) is 0 Å². The first-order valence-corrected chi connectivity index (χ1v) is 6.44. The smallest absolute Gasteiger partial charge is 0.408 e. The van der Waals surface area contributed by atoms with E-state index in [0.29, 0.717) is 19.4 Å². The van der Waals surface area contributed by atoms with Gasteiger partial charge in [-0.1, -0.05) is 0 Å². The van der Waals surface area contributed by atoms with Crippen molar-refractivity contribution < 1.29 is 14.3 Å². The van der Waals surface area contributed by atoms with Crippen molar-refractivity contribution in [1.82, 2.24) is 16.0 Å². The highest BCUT2D eigenvalue weighted by atomic mass is 16.6. The lowest BCUT2D eigenvalue weighted by atomic mass is 10.1. The summed E-state index contributed by atoms with van der Waals surface area (Å²) in [5.41, 5.74) is 4.53. The Morgan fingerprint density at radius 2 is 1.95 bits per heavy atom. The molecule has 1 unspecified atom stereocenters. The predicted octanol–water partition coefficient (Wildman–Crippen LogP) is -0.111. The third kappa shape index (κ3) is 9.01. The largest absolute Gasteiger partial charge is 0.444 e. The Bertz CT molecular complexity index is 351. The molecular formula is C12H25N5O3. The summed E-state index contributed by atoms with van der Waals surface area (Å²) < 4.78 is 5.11. The second kappa shape index (κ2) is 8.23. The number of hydrogen-bond acceptors (Lipinski definition) is 4. The summed E-state index contributed by atoms with van der Waals surface area (Å²) in [6.07, 6.45) is 0.359. The van der Waals surface area contributed by atoms with Crippen LogP contribution in [0.4, 0.5) is 4.79 Å². The second-order valence-electron chi connectivity index (χ2n) is 5.30. The first-order valence-electron chi connectivity index (χ1n) is 6.44. The molecule has 116 valence electrons. The molecule has 0 heterocycles. The van der Waals surface area contributed by atoms with Crippen LogP contribution in [0.5, 0.6) is 0 Å². The molecule has 0 aliphatic heterocycles. The Labute approximate surface area is 119 Å². The molecule has 6 N–H and O–H groups in total. The van der Waals surface area contributed by atoms with Crippen LogP contribution in [0.3, 0.4) is 0 Å². The van der Waals surface area contributed by atoms with Gasteiger partial charge in [0.15, 0.2) is 5.96 Å². The van der Waals surface area contributed by atoms with Crippen LogP contribution in [-0.2, 0) is 9.53 Å². The number of guanidine groups is 1. The van der Waals surface area contributed by atoms with Gasteiger partial charge in [-0.05, 0) is 33.6 Å². The number of alkyl carbamates (subject to hydrolysis) is 1. The van der Waals surface area contributed by atoms with Gasteiger partial charge in [0.1, 0.15) is 11.6 Å². The second-order valence-corrected chi connectivity index (χ2v) is 5.30. The quantitative estimate of drug-likeness (QED) is 0.264. The fourth-order valence-electron chi connectivity index (χ4n) is 1.42. The molecule has 1 atom stereocenters. The number of ether oxygens (including phenoxy) is 1. The van der Waals surface area contributed by atoms with Gasteiger partial charge < -0.3 is 26.4 Å². The van der Waals surface area contributed by atoms with Crippen LogP contribution in [0.1, 0.15) is 33.6 Å². The van der Waals surface area contributed by atoms with Gasteiger partial charge in [-0.15, -0.1) is 0 Å². The van der Waals surface area contributed by atoms with E-state index in [1.165, 1.54) is 7.05 Å². The van der Waals surface area contributed by atoms with Crippen LogP contribution in [0.25, 0.3) is 0 Å². The molecule has 0 aromatic heterocycles. The lowest BCUT2D eigenvalue weighted by Crippen LogP contribution is -2.47. The molecule has 0 spiro atoms. The molecule has 0 bridgehead atoms. The average Bonchev–Trinajstić information content (AvgIpc) is 2.29. The number of carbonyl (C=O) groups is 2. The monoisotopic (exact) mass is 287 g/mol. The predicted molar refractivity (Wildman–Crippen MR) is 76.4 cm³/mol. The van der Waals surface area contributed by atoms with Crippen LogP contribution >= 0.6 is 0 Å². The molecule has 8 heteroatoms. The highest BCUT2D eigenvalue weighted by molar-refractivity contribution is 5.85. The van der Waals surface area contributed by atoms with E-state index >= 15 is 0 Å². The molecule has 0 aromatic carbocycles. The highest BCUT2D eigenvalue weighted by Gasteiger charge is 2.23. The number of amides is 2. The first kappa shape index (κ1) is 18.0. The maximum Gasteiger partial charge on any atom is 0.408 e. The summed E-state index contributed by atoms with van der Waals surface area (Å²) in [5, 5.41) is 14.7. The lowest BCUT2D eigenvalue weighted by Gasteiger charge is -2.23. The maximum atomic E-state index is 11.7. The summed E-state index contributed by atoms with van der Waals surface area (Å²) in [6.45, 7) is 5.70. The average molecular weight is 287 g/mol. The number of likely N-dealkylation sites (N-methyl/N-ethyl adjacent to an activating group) is 1. The van der Waals surface area contributed by atoms with E-state index in [1.807, 2.05) is 0 Å². The summed E-state index contributed by atoms with van der Waals surface area (Å²) in [7, 11) is 1.50. The van der Waals surface area contributed by atoms with Gasteiger partial charge in [0.05, 0.1) is 0 Å². The number of hydrogen-bond donors (Lipinski definition) is 5. The highest BCUT2D eigenvalue weighted by Crippen LogP contribution is 2.07. The van der Waals surface area contributed by atoms with Crippen molar-refractivity contribution in [1.29, 1.82) is 5.41 Å². The van der Waals surface area contributed by atoms with Crippen LogP contribution in [-0.4, -0.2) is 43.2 Å². The fourth-order valence-corrected chi connectivity index (χ4v) is 1.42. The van der Waals surface area contributed by atoms with Crippen molar-refractivity contribution in [2.24, 2.45) is 5.73 Å². The minimum Gasteiger partial charge on any atom is -0.444 e. The first-order chi connectivity index (χ1) is 9.15. The van der Waals surface area contributed by atoms with Gasteiger partial charge in [0, 0.05) is 13.6 Å². The van der Waals surface area contributed by atoms with E-state index in [9.17, 15) is 9.59 Å². The Kier molecular flexibility index (Phi) is 7.42. The lowest BCUT2D eigenvalue weighted by molar-refractivity contribution is -0.122. The van der Waals surface area contributed by atoms with E-state index < -0.39 is 17.7 Å². The minimum atomic E-state index is -0.677. The Morgan fingerprint density at radius 3 is 2.40 bits per heavy atom. The van der Waals surface area contributed by atoms with Gasteiger partial charge in [-0.3, -0.25) is 10.2 Å². The van der Waals surface area contributed by atoms with E-state index in [-0.39, 0.29) is 11.9 Å². The Balaban J connectivity index is 4.32. The molecule has 0 saturated carbocycles. The van der Waals surface area contributed by atoms with Gasteiger partial charge in [-0.25, -0.2) is 4.79 Å². The van der Waals surface area contributed by atoms with Gasteiger partial charge in [-0.2, -0.15) is 0 Å². The molecule has 0 fully saturated rings.